The van der Waals surface area contributed by atoms with Crippen LogP contribution in [0.3, 0.4) is 0 Å². The second-order valence-corrected chi connectivity index (χ2v) is 4.99. The Morgan fingerprint density at radius 1 is 1.09 bits per heavy atom. The van der Waals surface area contributed by atoms with Crippen molar-refractivity contribution in [3.05, 3.63) is 65.5 Å². The van der Waals surface area contributed by atoms with E-state index in [2.05, 4.69) is 0 Å². The van der Waals surface area contributed by atoms with Gasteiger partial charge in [-0.2, -0.15) is 0 Å². The van der Waals surface area contributed by atoms with Gasteiger partial charge in [-0.25, -0.2) is 0 Å². The summed E-state index contributed by atoms with van der Waals surface area (Å²) in [5.41, 5.74) is 2.63. The molecule has 0 atom stereocenters. The fraction of sp³-hybridized carbons (Fsp3) is 0.118. The van der Waals surface area contributed by atoms with Gasteiger partial charge in [-0.1, -0.05) is 18.2 Å². The SMILES string of the molecule is Cc1ccccc1Oc1ccc2cc(C)c(C(=O)[O-])n2c1.[K+]. The number of carboxylic acids is 1. The van der Waals surface area contributed by atoms with Crippen LogP contribution >= 0.6 is 0 Å². The minimum atomic E-state index is -1.19. The van der Waals surface area contributed by atoms with E-state index in [0.717, 1.165) is 16.8 Å². The molecule has 0 spiro atoms. The largest absolute Gasteiger partial charge is 1.00 e. The molecule has 0 saturated carbocycles. The number of aryl methyl sites for hydroxylation is 2. The summed E-state index contributed by atoms with van der Waals surface area (Å²) >= 11 is 0. The van der Waals surface area contributed by atoms with Crippen LogP contribution in [0, 0.1) is 13.8 Å². The number of rotatable bonds is 3. The third-order valence-corrected chi connectivity index (χ3v) is 3.45. The van der Waals surface area contributed by atoms with E-state index in [-0.39, 0.29) is 57.1 Å². The molecule has 0 aliphatic rings. The zero-order chi connectivity index (χ0) is 15.0. The standard InChI is InChI=1S/C17H15NO3.K/c1-11-5-3-4-6-15(11)21-14-8-7-13-9-12(2)16(17(19)20)18(13)10-14;/h3-10H,1-2H3,(H,19,20);/q;+1/p-1. The van der Waals surface area contributed by atoms with Crippen molar-refractivity contribution in [2.75, 3.05) is 0 Å². The zero-order valence-electron chi connectivity index (χ0n) is 12.8. The van der Waals surface area contributed by atoms with Crippen molar-refractivity contribution in [3.63, 3.8) is 0 Å². The number of ether oxygens (including phenoxy) is 1. The second-order valence-electron chi connectivity index (χ2n) is 4.99. The van der Waals surface area contributed by atoms with Gasteiger partial charge in [0.15, 0.2) is 0 Å². The van der Waals surface area contributed by atoms with E-state index in [1.54, 1.807) is 17.5 Å². The van der Waals surface area contributed by atoms with Gasteiger partial charge >= 0.3 is 51.4 Å². The Morgan fingerprint density at radius 3 is 2.50 bits per heavy atom. The summed E-state index contributed by atoms with van der Waals surface area (Å²) < 4.78 is 7.41. The molecule has 1 aromatic carbocycles. The van der Waals surface area contributed by atoms with Crippen molar-refractivity contribution >= 4 is 11.5 Å². The van der Waals surface area contributed by atoms with Crippen molar-refractivity contribution in [2.45, 2.75) is 13.8 Å². The summed E-state index contributed by atoms with van der Waals surface area (Å²) in [6.45, 7) is 3.71. The van der Waals surface area contributed by atoms with E-state index in [0.29, 0.717) is 11.3 Å². The summed E-state index contributed by atoms with van der Waals surface area (Å²) in [5, 5.41) is 11.2. The number of hydrogen-bond donors (Lipinski definition) is 0. The molecule has 0 saturated heterocycles. The molecule has 22 heavy (non-hydrogen) atoms. The topological polar surface area (TPSA) is 53.8 Å². The predicted octanol–water partition coefficient (Wildman–Crippen LogP) is -0.284. The average Bonchev–Trinajstić information content (AvgIpc) is 2.76. The Morgan fingerprint density at radius 2 is 1.82 bits per heavy atom. The molecular weight excluding hydrogens is 305 g/mol. The van der Waals surface area contributed by atoms with E-state index in [1.165, 1.54) is 0 Å². The van der Waals surface area contributed by atoms with Crippen LogP contribution in [0.1, 0.15) is 21.6 Å². The molecule has 5 heteroatoms. The summed E-state index contributed by atoms with van der Waals surface area (Å²) in [7, 11) is 0. The Bertz CT molecular complexity index is 839. The van der Waals surface area contributed by atoms with E-state index < -0.39 is 5.97 Å². The Labute approximate surface area is 171 Å². The van der Waals surface area contributed by atoms with Gasteiger partial charge in [0.2, 0.25) is 0 Å². The first kappa shape index (κ1) is 17.2. The van der Waals surface area contributed by atoms with Crippen molar-refractivity contribution < 1.29 is 66.0 Å². The second kappa shape index (κ2) is 6.98. The van der Waals surface area contributed by atoms with Crippen molar-refractivity contribution in [3.8, 4) is 11.5 Å². The summed E-state index contributed by atoms with van der Waals surface area (Å²) in [4.78, 5) is 11.2. The molecule has 0 radical (unpaired) electrons. The van der Waals surface area contributed by atoms with Crippen LogP contribution in [0.25, 0.3) is 5.52 Å². The molecule has 0 bridgehead atoms. The monoisotopic (exact) mass is 319 g/mol. The van der Waals surface area contributed by atoms with Gasteiger partial charge in [0.25, 0.3) is 0 Å². The van der Waals surface area contributed by atoms with E-state index in [1.807, 2.05) is 49.4 Å². The molecule has 2 aromatic heterocycles. The number of hydrogen-bond acceptors (Lipinski definition) is 3. The van der Waals surface area contributed by atoms with Crippen LogP contribution in [-0.4, -0.2) is 10.4 Å². The maximum Gasteiger partial charge on any atom is 1.00 e. The molecule has 0 unspecified atom stereocenters. The molecule has 0 N–H and O–H groups in total. The summed E-state index contributed by atoms with van der Waals surface area (Å²) in [6, 6.07) is 13.1. The molecule has 106 valence electrons. The Balaban J connectivity index is 0.00000176. The first-order valence-electron chi connectivity index (χ1n) is 6.63. The number of carbonyl (C=O) groups is 1. The quantitative estimate of drug-likeness (QED) is 0.624. The number of fused-ring (bicyclic) bond motifs is 1. The minimum Gasteiger partial charge on any atom is -0.543 e. The molecule has 3 rings (SSSR count). The van der Waals surface area contributed by atoms with E-state index in [9.17, 15) is 9.90 Å². The van der Waals surface area contributed by atoms with Crippen LogP contribution < -0.4 is 61.2 Å². The van der Waals surface area contributed by atoms with Gasteiger partial charge in [-0.05, 0) is 49.2 Å². The number of pyridine rings is 1. The Kier molecular flexibility index (Phi) is 5.47. The smallest absolute Gasteiger partial charge is 0.543 e. The van der Waals surface area contributed by atoms with Crippen molar-refractivity contribution in [2.24, 2.45) is 0 Å². The van der Waals surface area contributed by atoms with Gasteiger partial charge in [0.05, 0.1) is 17.9 Å². The summed E-state index contributed by atoms with van der Waals surface area (Å²) in [5.74, 6) is 0.131. The Hall–Kier alpha value is -1.11. The van der Waals surface area contributed by atoms with Gasteiger partial charge in [0, 0.05) is 5.52 Å². The van der Waals surface area contributed by atoms with Crippen LogP contribution in [0.5, 0.6) is 11.5 Å². The third kappa shape index (κ3) is 3.29. The van der Waals surface area contributed by atoms with Crippen molar-refractivity contribution in [1.82, 2.24) is 4.40 Å². The molecule has 2 heterocycles. The number of aromatic carboxylic acids is 1. The number of carbonyl (C=O) groups excluding carboxylic acids is 1. The van der Waals surface area contributed by atoms with Gasteiger partial charge in [-0.3, -0.25) is 0 Å². The van der Waals surface area contributed by atoms with E-state index in [4.69, 9.17) is 4.74 Å². The first-order valence-corrected chi connectivity index (χ1v) is 6.63. The maximum absolute atomic E-state index is 11.2. The maximum atomic E-state index is 11.2. The first-order chi connectivity index (χ1) is 10.1. The normalized spacial score (nSPS) is 10.3. The number of aromatic nitrogens is 1. The predicted molar refractivity (Wildman–Crippen MR) is 77.7 cm³/mol. The van der Waals surface area contributed by atoms with Crippen LogP contribution in [0.15, 0.2) is 48.7 Å². The fourth-order valence-electron chi connectivity index (χ4n) is 2.40. The molecule has 0 aliphatic heterocycles. The minimum absolute atomic E-state index is 0. The van der Waals surface area contributed by atoms with E-state index >= 15 is 0 Å². The molecule has 0 fully saturated rings. The van der Waals surface area contributed by atoms with Crippen molar-refractivity contribution in [1.29, 1.82) is 0 Å². The number of nitrogens with zero attached hydrogens (tertiary/aromatic N) is 1. The fourth-order valence-corrected chi connectivity index (χ4v) is 2.40. The molecular formula is C17H14KNO3. The third-order valence-electron chi connectivity index (χ3n) is 3.45. The van der Waals surface area contributed by atoms with Gasteiger partial charge < -0.3 is 19.0 Å². The summed E-state index contributed by atoms with van der Waals surface area (Å²) in [6.07, 6.45) is 1.67. The zero-order valence-corrected chi connectivity index (χ0v) is 15.9. The number of carboxylic acid groups (broad SMARTS) is 1. The number of benzene rings is 1. The van der Waals surface area contributed by atoms with Gasteiger partial charge in [0.1, 0.15) is 11.5 Å². The molecule has 3 aromatic rings. The van der Waals surface area contributed by atoms with Gasteiger partial charge in [-0.15, -0.1) is 0 Å². The van der Waals surface area contributed by atoms with Crippen LogP contribution in [0.4, 0.5) is 0 Å². The molecule has 4 nitrogen and oxygen atoms in total. The average molecular weight is 319 g/mol. The molecule has 0 aliphatic carbocycles. The molecule has 0 amide bonds. The van der Waals surface area contributed by atoms with Crippen LogP contribution in [0.2, 0.25) is 0 Å². The number of para-hydroxylation sites is 1. The van der Waals surface area contributed by atoms with Crippen LogP contribution in [-0.2, 0) is 0 Å².